The molecule has 2 N–H and O–H groups in total. The minimum Gasteiger partial charge on any atom is -0.515 e. The van der Waals surface area contributed by atoms with Gasteiger partial charge in [-0.15, -0.1) is 0 Å². The monoisotopic (exact) mass is 244 g/mol. The second-order valence-corrected chi connectivity index (χ2v) is 4.09. The summed E-state index contributed by atoms with van der Waals surface area (Å²) < 4.78 is 0. The van der Waals surface area contributed by atoms with Gasteiger partial charge < -0.3 is 15.0 Å². The molecule has 92 valence electrons. The second kappa shape index (κ2) is 4.58. The fourth-order valence-electron chi connectivity index (χ4n) is 2.09. The van der Waals surface area contributed by atoms with E-state index in [1.807, 2.05) is 0 Å². The van der Waals surface area contributed by atoms with Crippen LogP contribution in [0, 0.1) is 5.92 Å². The second-order valence-electron chi connectivity index (χ2n) is 4.09. The van der Waals surface area contributed by atoms with Crippen LogP contribution in [0.2, 0.25) is 0 Å². The van der Waals surface area contributed by atoms with Gasteiger partial charge in [0.25, 0.3) is 0 Å². The average Bonchev–Trinajstić information content (AvgIpc) is 2.42. The Kier molecular flexibility index (Phi) is 3.12. The molecule has 0 saturated heterocycles. The Hall–Kier alpha value is -2.20. The molecular formula is C14H12O4. The minimum atomic E-state index is -1.61. The molecule has 1 aromatic carbocycles. The Bertz CT molecular complexity index is 530. The molecular weight excluding hydrogens is 232 g/mol. The van der Waals surface area contributed by atoms with E-state index in [4.69, 9.17) is 5.11 Å². The first-order valence-electron chi connectivity index (χ1n) is 5.44. The lowest BCUT2D eigenvalue weighted by Crippen LogP contribution is -2.40. The van der Waals surface area contributed by atoms with Crippen molar-refractivity contribution in [3.05, 3.63) is 59.9 Å². The molecule has 4 heteroatoms. The molecule has 0 bridgehead atoms. The van der Waals surface area contributed by atoms with E-state index in [9.17, 15) is 14.7 Å². The van der Waals surface area contributed by atoms with Crippen molar-refractivity contribution in [2.45, 2.75) is 5.60 Å². The van der Waals surface area contributed by atoms with Crippen molar-refractivity contribution in [1.82, 2.24) is 0 Å². The molecule has 0 aromatic heterocycles. The molecule has 0 heterocycles. The van der Waals surface area contributed by atoms with Crippen LogP contribution in [0.25, 0.3) is 0 Å². The molecule has 2 unspecified atom stereocenters. The Morgan fingerprint density at radius 3 is 2.44 bits per heavy atom. The maximum absolute atomic E-state index is 11.5. The van der Waals surface area contributed by atoms with Gasteiger partial charge in [-0.1, -0.05) is 30.3 Å². The molecule has 0 saturated carbocycles. The molecule has 0 fully saturated rings. The van der Waals surface area contributed by atoms with Gasteiger partial charge >= 0.3 is 0 Å². The van der Waals surface area contributed by atoms with Gasteiger partial charge in [-0.25, -0.2) is 0 Å². The van der Waals surface area contributed by atoms with Crippen molar-refractivity contribution in [3.63, 3.8) is 0 Å². The molecule has 0 amide bonds. The first-order valence-corrected chi connectivity index (χ1v) is 5.44. The zero-order chi connectivity index (χ0) is 13.2. The summed E-state index contributed by atoms with van der Waals surface area (Å²) in [6.45, 7) is 0. The largest absolute Gasteiger partial charge is 0.515 e. The van der Waals surface area contributed by atoms with E-state index < -0.39 is 17.3 Å². The molecule has 1 aliphatic rings. The molecule has 4 nitrogen and oxygen atoms in total. The number of allylic oxidation sites excluding steroid dienone is 1. The van der Waals surface area contributed by atoms with Crippen molar-refractivity contribution >= 4 is 12.1 Å². The van der Waals surface area contributed by atoms with Gasteiger partial charge in [-0.3, -0.25) is 4.79 Å². The number of hydrogen-bond donors (Lipinski definition) is 2. The zero-order valence-corrected chi connectivity index (χ0v) is 9.48. The van der Waals surface area contributed by atoms with Crippen LogP contribution in [-0.4, -0.2) is 22.3 Å². The number of ketones is 1. The Morgan fingerprint density at radius 1 is 1.22 bits per heavy atom. The van der Waals surface area contributed by atoms with Crippen molar-refractivity contribution in [3.8, 4) is 0 Å². The number of rotatable bonds is 2. The van der Waals surface area contributed by atoms with E-state index in [1.165, 1.54) is 6.08 Å². The van der Waals surface area contributed by atoms with Crippen molar-refractivity contribution in [1.29, 1.82) is 0 Å². The molecule has 2 rings (SSSR count). The fraction of sp³-hybridized carbons (Fsp3) is 0.143. The number of benzene rings is 1. The highest BCUT2D eigenvalue weighted by Gasteiger charge is 2.43. The molecule has 0 spiro atoms. The summed E-state index contributed by atoms with van der Waals surface area (Å²) in [5.74, 6) is -1.59. The van der Waals surface area contributed by atoms with Crippen LogP contribution < -0.4 is 0 Å². The number of aliphatic hydroxyl groups is 2. The van der Waals surface area contributed by atoms with E-state index in [0.717, 1.165) is 6.08 Å². The quantitative estimate of drug-likeness (QED) is 0.466. The van der Waals surface area contributed by atoms with Gasteiger partial charge in [-0.05, 0) is 17.7 Å². The van der Waals surface area contributed by atoms with E-state index in [1.54, 1.807) is 30.3 Å². The van der Waals surface area contributed by atoms with Crippen LogP contribution in [0.5, 0.6) is 0 Å². The Balaban J connectivity index is 2.59. The van der Waals surface area contributed by atoms with Crippen molar-refractivity contribution in [2.24, 2.45) is 5.92 Å². The number of carbonyl (C=O) groups excluding carboxylic acids is 2. The van der Waals surface area contributed by atoms with Crippen molar-refractivity contribution < 1.29 is 19.8 Å². The van der Waals surface area contributed by atoms with Crippen LogP contribution >= 0.6 is 0 Å². The molecule has 0 aliphatic heterocycles. The maximum atomic E-state index is 11.5. The topological polar surface area (TPSA) is 74.6 Å². The summed E-state index contributed by atoms with van der Waals surface area (Å²) in [6.07, 6.45) is 3.50. The van der Waals surface area contributed by atoms with Crippen LogP contribution in [-0.2, 0) is 15.2 Å². The first-order chi connectivity index (χ1) is 8.63. The summed E-state index contributed by atoms with van der Waals surface area (Å²) >= 11 is 0. The summed E-state index contributed by atoms with van der Waals surface area (Å²) in [7, 11) is 0. The molecule has 2 atom stereocenters. The molecule has 18 heavy (non-hydrogen) atoms. The number of aldehydes is 1. The zero-order valence-electron chi connectivity index (χ0n) is 9.48. The normalized spacial score (nSPS) is 29.5. The highest BCUT2D eigenvalue weighted by molar-refractivity contribution is 6.08. The van der Waals surface area contributed by atoms with E-state index in [-0.39, 0.29) is 5.57 Å². The summed E-state index contributed by atoms with van der Waals surface area (Å²) in [4.78, 5) is 22.7. The third-order valence-corrected chi connectivity index (χ3v) is 3.09. The van der Waals surface area contributed by atoms with Gasteiger partial charge in [0.2, 0.25) is 0 Å². The Labute approximate surface area is 104 Å². The summed E-state index contributed by atoms with van der Waals surface area (Å²) in [6, 6.07) is 8.55. The number of carbonyl (C=O) groups is 2. The molecule has 0 radical (unpaired) electrons. The third kappa shape index (κ3) is 1.76. The van der Waals surface area contributed by atoms with Gasteiger partial charge in [0.05, 0.1) is 12.2 Å². The smallest absolute Gasteiger partial charge is 0.185 e. The molecule has 1 aromatic rings. The minimum absolute atomic E-state index is 0.112. The van der Waals surface area contributed by atoms with Crippen LogP contribution in [0.4, 0.5) is 0 Å². The average molecular weight is 244 g/mol. The summed E-state index contributed by atoms with van der Waals surface area (Å²) in [5, 5.41) is 19.7. The first kappa shape index (κ1) is 12.3. The van der Waals surface area contributed by atoms with E-state index in [2.05, 4.69) is 0 Å². The lowest BCUT2D eigenvalue weighted by molar-refractivity contribution is -0.121. The lowest BCUT2D eigenvalue weighted by atomic mass is 9.73. The Morgan fingerprint density at radius 2 is 1.89 bits per heavy atom. The predicted molar refractivity (Wildman–Crippen MR) is 64.8 cm³/mol. The van der Waals surface area contributed by atoms with Gasteiger partial charge in [0.15, 0.2) is 5.78 Å². The lowest BCUT2D eigenvalue weighted by Gasteiger charge is -2.34. The van der Waals surface area contributed by atoms with Gasteiger partial charge in [-0.2, -0.15) is 0 Å². The molecule has 1 aliphatic carbocycles. The van der Waals surface area contributed by atoms with Crippen LogP contribution in [0.15, 0.2) is 54.3 Å². The van der Waals surface area contributed by atoms with Crippen LogP contribution in [0.1, 0.15) is 5.56 Å². The van der Waals surface area contributed by atoms with Gasteiger partial charge in [0.1, 0.15) is 11.9 Å². The van der Waals surface area contributed by atoms with E-state index in [0.29, 0.717) is 18.1 Å². The highest BCUT2D eigenvalue weighted by atomic mass is 16.3. The standard InChI is InChI=1S/C14H12O4/c15-8-11-12(9-16)14(18,7-6-13(11)17)10-4-2-1-3-5-10/h1-9,12,15,18H/b11-8-. The SMILES string of the molecule is O=CC1/C(=C/O)C(=O)C=CC1(O)c1ccccc1. The predicted octanol–water partition coefficient (Wildman–Crippen LogP) is 1.27. The van der Waals surface area contributed by atoms with Crippen LogP contribution in [0.3, 0.4) is 0 Å². The number of hydrogen-bond acceptors (Lipinski definition) is 4. The van der Waals surface area contributed by atoms with Crippen molar-refractivity contribution in [2.75, 3.05) is 0 Å². The highest BCUT2D eigenvalue weighted by Crippen LogP contribution is 2.38. The fourth-order valence-corrected chi connectivity index (χ4v) is 2.09. The summed E-state index contributed by atoms with van der Waals surface area (Å²) in [5.41, 5.74) is -1.23. The number of aliphatic hydroxyl groups excluding tert-OH is 1. The third-order valence-electron chi connectivity index (χ3n) is 3.09. The maximum Gasteiger partial charge on any atom is 0.185 e. The van der Waals surface area contributed by atoms with E-state index >= 15 is 0 Å². The van der Waals surface area contributed by atoms with Gasteiger partial charge in [0, 0.05) is 5.57 Å².